The summed E-state index contributed by atoms with van der Waals surface area (Å²) in [7, 11) is 1.52. The standard InChI is InChI=1S/C15H13Cl3O2/c1-20-15-8-12(17)11(7-13(15)18)14(19)6-9-2-4-10(16)5-3-9/h2-5,7-8,14,19H,6H2,1H3. The predicted octanol–water partition coefficient (Wildman–Crippen LogP) is 4.93. The molecule has 2 aromatic carbocycles. The first-order valence-electron chi connectivity index (χ1n) is 5.96. The van der Waals surface area contributed by atoms with Gasteiger partial charge in [0.15, 0.2) is 0 Å². The molecule has 0 spiro atoms. The van der Waals surface area contributed by atoms with Gasteiger partial charge in [0.05, 0.1) is 23.3 Å². The van der Waals surface area contributed by atoms with Gasteiger partial charge in [0.25, 0.3) is 0 Å². The molecule has 1 N–H and O–H groups in total. The van der Waals surface area contributed by atoms with Crippen LogP contribution in [0.2, 0.25) is 15.1 Å². The van der Waals surface area contributed by atoms with E-state index in [-0.39, 0.29) is 0 Å². The third-order valence-corrected chi connectivity index (χ3v) is 3.85. The zero-order valence-corrected chi connectivity index (χ0v) is 13.0. The van der Waals surface area contributed by atoms with Crippen molar-refractivity contribution in [2.75, 3.05) is 7.11 Å². The molecule has 0 aliphatic heterocycles. The van der Waals surface area contributed by atoms with E-state index < -0.39 is 6.10 Å². The van der Waals surface area contributed by atoms with Crippen LogP contribution in [0.25, 0.3) is 0 Å². The van der Waals surface area contributed by atoms with Crippen molar-refractivity contribution < 1.29 is 9.84 Å². The van der Waals surface area contributed by atoms with Gasteiger partial charge in [-0.05, 0) is 23.8 Å². The van der Waals surface area contributed by atoms with E-state index in [0.29, 0.717) is 32.8 Å². The van der Waals surface area contributed by atoms with Gasteiger partial charge in [0, 0.05) is 23.1 Å². The van der Waals surface area contributed by atoms with Gasteiger partial charge in [-0.1, -0.05) is 46.9 Å². The fourth-order valence-electron chi connectivity index (χ4n) is 1.91. The number of aliphatic hydroxyl groups excluding tert-OH is 1. The summed E-state index contributed by atoms with van der Waals surface area (Å²) in [5, 5.41) is 11.8. The van der Waals surface area contributed by atoms with Crippen LogP contribution in [0.4, 0.5) is 0 Å². The summed E-state index contributed by atoms with van der Waals surface area (Å²) >= 11 is 18.0. The summed E-state index contributed by atoms with van der Waals surface area (Å²) in [5.74, 6) is 0.485. The van der Waals surface area contributed by atoms with E-state index in [2.05, 4.69) is 0 Å². The van der Waals surface area contributed by atoms with Gasteiger partial charge in [-0.15, -0.1) is 0 Å². The van der Waals surface area contributed by atoms with E-state index in [0.717, 1.165) is 5.56 Å². The van der Waals surface area contributed by atoms with Crippen molar-refractivity contribution in [1.82, 2.24) is 0 Å². The number of hydrogen-bond donors (Lipinski definition) is 1. The molecule has 2 nitrogen and oxygen atoms in total. The lowest BCUT2D eigenvalue weighted by Gasteiger charge is -2.15. The molecule has 0 aliphatic carbocycles. The summed E-state index contributed by atoms with van der Waals surface area (Å²) in [6, 6.07) is 10.5. The molecule has 0 amide bonds. The highest BCUT2D eigenvalue weighted by Gasteiger charge is 2.15. The van der Waals surface area contributed by atoms with Crippen LogP contribution < -0.4 is 4.74 Å². The molecule has 0 fully saturated rings. The molecule has 0 heterocycles. The van der Waals surface area contributed by atoms with Gasteiger partial charge >= 0.3 is 0 Å². The van der Waals surface area contributed by atoms with Gasteiger partial charge in [0.2, 0.25) is 0 Å². The van der Waals surface area contributed by atoms with Gasteiger partial charge in [-0.2, -0.15) is 0 Å². The molecule has 0 radical (unpaired) electrons. The minimum atomic E-state index is -0.743. The number of ether oxygens (including phenoxy) is 1. The molecule has 1 unspecified atom stereocenters. The average molecular weight is 332 g/mol. The minimum absolute atomic E-state index is 0.419. The van der Waals surface area contributed by atoms with E-state index in [4.69, 9.17) is 39.5 Å². The van der Waals surface area contributed by atoms with Crippen LogP contribution in [-0.4, -0.2) is 12.2 Å². The summed E-state index contributed by atoms with van der Waals surface area (Å²) in [5.41, 5.74) is 1.54. The quantitative estimate of drug-likeness (QED) is 0.860. The Bertz CT molecular complexity index is 597. The van der Waals surface area contributed by atoms with Gasteiger partial charge in [0.1, 0.15) is 5.75 Å². The van der Waals surface area contributed by atoms with Crippen LogP contribution in [0.1, 0.15) is 17.2 Å². The van der Waals surface area contributed by atoms with E-state index in [9.17, 15) is 5.11 Å². The molecule has 20 heavy (non-hydrogen) atoms. The van der Waals surface area contributed by atoms with Crippen molar-refractivity contribution in [1.29, 1.82) is 0 Å². The number of hydrogen-bond acceptors (Lipinski definition) is 2. The van der Waals surface area contributed by atoms with Crippen molar-refractivity contribution in [3.05, 3.63) is 62.6 Å². The summed E-state index contributed by atoms with van der Waals surface area (Å²) in [6.45, 7) is 0. The molecular weight excluding hydrogens is 319 g/mol. The zero-order valence-electron chi connectivity index (χ0n) is 10.7. The molecule has 1 atom stereocenters. The van der Waals surface area contributed by atoms with Crippen LogP contribution in [0.3, 0.4) is 0 Å². The molecular formula is C15H13Cl3O2. The Morgan fingerprint density at radius 1 is 1.05 bits per heavy atom. The number of methoxy groups -OCH3 is 1. The molecule has 106 valence electrons. The Balaban J connectivity index is 2.22. The molecule has 0 bridgehead atoms. The Morgan fingerprint density at radius 3 is 2.30 bits per heavy atom. The van der Waals surface area contributed by atoms with Crippen molar-refractivity contribution in [3.63, 3.8) is 0 Å². The van der Waals surface area contributed by atoms with E-state index in [1.54, 1.807) is 24.3 Å². The molecule has 0 aromatic heterocycles. The van der Waals surface area contributed by atoms with Gasteiger partial charge < -0.3 is 9.84 Å². The monoisotopic (exact) mass is 330 g/mol. The number of aliphatic hydroxyl groups is 1. The topological polar surface area (TPSA) is 29.5 Å². The van der Waals surface area contributed by atoms with Crippen molar-refractivity contribution in [2.24, 2.45) is 0 Å². The second-order valence-electron chi connectivity index (χ2n) is 4.35. The molecule has 0 saturated carbocycles. The van der Waals surface area contributed by atoms with Gasteiger partial charge in [-0.3, -0.25) is 0 Å². The van der Waals surface area contributed by atoms with Crippen LogP contribution in [-0.2, 0) is 6.42 Å². The van der Waals surface area contributed by atoms with E-state index in [1.807, 2.05) is 12.1 Å². The highest BCUT2D eigenvalue weighted by atomic mass is 35.5. The largest absolute Gasteiger partial charge is 0.495 e. The predicted molar refractivity (Wildman–Crippen MR) is 83.1 cm³/mol. The maximum Gasteiger partial charge on any atom is 0.138 e. The van der Waals surface area contributed by atoms with Crippen LogP contribution in [0.15, 0.2) is 36.4 Å². The molecule has 5 heteroatoms. The van der Waals surface area contributed by atoms with E-state index in [1.165, 1.54) is 7.11 Å². The zero-order chi connectivity index (χ0) is 14.7. The van der Waals surface area contributed by atoms with Gasteiger partial charge in [-0.25, -0.2) is 0 Å². The first-order chi connectivity index (χ1) is 9.51. The summed E-state index contributed by atoms with van der Waals surface area (Å²) in [6.07, 6.45) is -0.313. The highest BCUT2D eigenvalue weighted by molar-refractivity contribution is 6.34. The molecule has 0 aliphatic rings. The van der Waals surface area contributed by atoms with Crippen LogP contribution in [0.5, 0.6) is 5.75 Å². The lowest BCUT2D eigenvalue weighted by Crippen LogP contribution is -2.03. The second kappa shape index (κ2) is 6.68. The first kappa shape index (κ1) is 15.5. The molecule has 2 rings (SSSR count). The highest BCUT2D eigenvalue weighted by Crippen LogP contribution is 2.35. The maximum absolute atomic E-state index is 10.3. The van der Waals surface area contributed by atoms with Crippen LogP contribution >= 0.6 is 34.8 Å². The number of rotatable bonds is 4. The lowest BCUT2D eigenvalue weighted by molar-refractivity contribution is 0.178. The van der Waals surface area contributed by atoms with E-state index >= 15 is 0 Å². The van der Waals surface area contributed by atoms with Crippen LogP contribution in [0, 0.1) is 0 Å². The smallest absolute Gasteiger partial charge is 0.138 e. The fraction of sp³-hybridized carbons (Fsp3) is 0.200. The third-order valence-electron chi connectivity index (χ3n) is 2.97. The van der Waals surface area contributed by atoms with Crippen molar-refractivity contribution in [3.8, 4) is 5.75 Å². The average Bonchev–Trinajstić information content (AvgIpc) is 2.43. The third kappa shape index (κ3) is 3.58. The number of benzene rings is 2. The van der Waals surface area contributed by atoms with Crippen molar-refractivity contribution in [2.45, 2.75) is 12.5 Å². The second-order valence-corrected chi connectivity index (χ2v) is 5.61. The minimum Gasteiger partial charge on any atom is -0.495 e. The lowest BCUT2D eigenvalue weighted by atomic mass is 10.0. The normalized spacial score (nSPS) is 12.2. The fourth-order valence-corrected chi connectivity index (χ4v) is 2.56. The SMILES string of the molecule is COc1cc(Cl)c(C(O)Cc2ccc(Cl)cc2)cc1Cl. The Morgan fingerprint density at radius 2 is 1.70 bits per heavy atom. The Hall–Kier alpha value is -0.930. The summed E-state index contributed by atoms with van der Waals surface area (Å²) < 4.78 is 5.08. The Kier molecular flexibility index (Phi) is 5.17. The summed E-state index contributed by atoms with van der Waals surface area (Å²) in [4.78, 5) is 0. The molecule has 0 saturated heterocycles. The first-order valence-corrected chi connectivity index (χ1v) is 7.10. The maximum atomic E-state index is 10.3. The number of halogens is 3. The Labute approximate surface area is 132 Å². The van der Waals surface area contributed by atoms with Crippen molar-refractivity contribution >= 4 is 34.8 Å². The molecule has 2 aromatic rings.